The molecule has 1 aliphatic rings. The van der Waals surface area contributed by atoms with Gasteiger partial charge < -0.3 is 14.4 Å². The first kappa shape index (κ1) is 24.8. The summed E-state index contributed by atoms with van der Waals surface area (Å²) in [5, 5.41) is 0. The quantitative estimate of drug-likeness (QED) is 0.564. The van der Waals surface area contributed by atoms with Gasteiger partial charge in [-0.15, -0.1) is 0 Å². The van der Waals surface area contributed by atoms with E-state index in [4.69, 9.17) is 9.47 Å². The Morgan fingerprint density at radius 1 is 0.970 bits per heavy atom. The van der Waals surface area contributed by atoms with Gasteiger partial charge in [0.25, 0.3) is 5.91 Å². The molecular weight excluding hydrogens is 430 g/mol. The van der Waals surface area contributed by atoms with E-state index >= 15 is 0 Å². The molecule has 3 rings (SSSR count). The number of halogens is 2. The molecule has 1 fully saturated rings. The molecule has 0 aromatic heterocycles. The van der Waals surface area contributed by atoms with E-state index in [0.717, 1.165) is 11.6 Å². The third-order valence-corrected chi connectivity index (χ3v) is 5.61. The molecule has 33 heavy (non-hydrogen) atoms. The lowest BCUT2D eigenvalue weighted by atomic mass is 10.0. The lowest BCUT2D eigenvalue weighted by Crippen LogP contribution is -2.55. The molecule has 1 heterocycles. The summed E-state index contributed by atoms with van der Waals surface area (Å²) >= 11 is 0. The van der Waals surface area contributed by atoms with Crippen molar-refractivity contribution in [3.8, 4) is 0 Å². The first-order valence-electron chi connectivity index (χ1n) is 11.0. The fraction of sp³-hybridized carbons (Fsp3) is 0.440. The summed E-state index contributed by atoms with van der Waals surface area (Å²) in [6.07, 6.45) is -0.520. The van der Waals surface area contributed by atoms with Crippen LogP contribution < -0.4 is 0 Å². The normalized spacial score (nSPS) is 15.8. The molecule has 0 aliphatic carbocycles. The number of nitrogens with zero attached hydrogens (tertiary/aromatic N) is 2. The Kier molecular flexibility index (Phi) is 8.15. The maximum absolute atomic E-state index is 13.8. The molecule has 2 aromatic carbocycles. The van der Waals surface area contributed by atoms with Gasteiger partial charge in [-0.2, -0.15) is 0 Å². The second kappa shape index (κ2) is 10.9. The van der Waals surface area contributed by atoms with Crippen molar-refractivity contribution in [3.63, 3.8) is 0 Å². The van der Waals surface area contributed by atoms with Crippen LogP contribution in [0.25, 0.3) is 0 Å². The molecule has 178 valence electrons. The smallest absolute Gasteiger partial charge is 0.303 e. The largest absolute Gasteiger partial charge is 0.450 e. The number of esters is 1. The number of piperazine rings is 1. The van der Waals surface area contributed by atoms with Gasteiger partial charge in [0.15, 0.2) is 17.2 Å². The number of carbonyl (C=O) groups is 2. The number of amides is 1. The maximum atomic E-state index is 13.8. The van der Waals surface area contributed by atoms with Crippen molar-refractivity contribution in [2.24, 2.45) is 0 Å². The van der Waals surface area contributed by atoms with Crippen molar-refractivity contribution < 1.29 is 27.8 Å². The number of ether oxygens (including phenoxy) is 2. The number of benzene rings is 2. The standard InChI is InChI=1S/C25H30F2N2O4/c1-18(30)33-25(2,3)24(31)29-13-11-28(12-14-29)15-16-32-23(19-7-5-4-6-8-19)20-9-10-21(26)22(27)17-20/h4-10,17,23H,11-16H2,1-3H3. The molecule has 0 N–H and O–H groups in total. The van der Waals surface area contributed by atoms with Crippen LogP contribution in [0, 0.1) is 11.6 Å². The highest BCUT2D eigenvalue weighted by molar-refractivity contribution is 5.86. The predicted molar refractivity (Wildman–Crippen MR) is 119 cm³/mol. The molecule has 2 aromatic rings. The lowest BCUT2D eigenvalue weighted by molar-refractivity contribution is -0.169. The van der Waals surface area contributed by atoms with Crippen molar-refractivity contribution in [3.05, 3.63) is 71.3 Å². The Morgan fingerprint density at radius 2 is 1.64 bits per heavy atom. The van der Waals surface area contributed by atoms with E-state index in [-0.39, 0.29) is 5.91 Å². The van der Waals surface area contributed by atoms with E-state index in [1.54, 1.807) is 18.7 Å². The zero-order valence-electron chi connectivity index (χ0n) is 19.2. The molecule has 1 aliphatic heterocycles. The zero-order valence-corrected chi connectivity index (χ0v) is 19.2. The summed E-state index contributed by atoms with van der Waals surface area (Å²) < 4.78 is 38.5. The molecule has 0 radical (unpaired) electrons. The van der Waals surface area contributed by atoms with Crippen LogP contribution in [-0.4, -0.2) is 66.6 Å². The van der Waals surface area contributed by atoms with E-state index in [9.17, 15) is 18.4 Å². The molecule has 1 atom stereocenters. The van der Waals surface area contributed by atoms with E-state index in [2.05, 4.69) is 4.90 Å². The van der Waals surface area contributed by atoms with Crippen LogP contribution in [0.4, 0.5) is 8.78 Å². The SMILES string of the molecule is CC(=O)OC(C)(C)C(=O)N1CCN(CCOC(c2ccccc2)c2ccc(F)c(F)c2)CC1. The summed E-state index contributed by atoms with van der Waals surface area (Å²) in [7, 11) is 0. The molecule has 1 amide bonds. The zero-order chi connectivity index (χ0) is 24.0. The van der Waals surface area contributed by atoms with Crippen LogP contribution >= 0.6 is 0 Å². The van der Waals surface area contributed by atoms with Gasteiger partial charge in [-0.3, -0.25) is 14.5 Å². The van der Waals surface area contributed by atoms with Crippen molar-refractivity contribution in [1.82, 2.24) is 9.80 Å². The fourth-order valence-electron chi connectivity index (χ4n) is 3.95. The number of hydrogen-bond donors (Lipinski definition) is 0. The highest BCUT2D eigenvalue weighted by atomic mass is 19.2. The molecule has 6 nitrogen and oxygen atoms in total. The first-order chi connectivity index (χ1) is 15.7. The second-order valence-electron chi connectivity index (χ2n) is 8.57. The van der Waals surface area contributed by atoms with Gasteiger partial charge in [-0.1, -0.05) is 36.4 Å². The number of carbonyl (C=O) groups excluding carboxylic acids is 2. The number of rotatable bonds is 8. The van der Waals surface area contributed by atoms with Gasteiger partial charge in [0, 0.05) is 39.6 Å². The van der Waals surface area contributed by atoms with Crippen molar-refractivity contribution in [1.29, 1.82) is 0 Å². The van der Waals surface area contributed by atoms with Crippen molar-refractivity contribution in [2.45, 2.75) is 32.5 Å². The Morgan fingerprint density at radius 3 is 2.24 bits per heavy atom. The van der Waals surface area contributed by atoms with Crippen LogP contribution in [0.5, 0.6) is 0 Å². The maximum Gasteiger partial charge on any atom is 0.303 e. The van der Waals surface area contributed by atoms with E-state index in [1.165, 1.54) is 19.1 Å². The Balaban J connectivity index is 1.55. The summed E-state index contributed by atoms with van der Waals surface area (Å²) in [5.41, 5.74) is 0.208. The summed E-state index contributed by atoms with van der Waals surface area (Å²) in [4.78, 5) is 27.8. The fourth-order valence-corrected chi connectivity index (χ4v) is 3.95. The van der Waals surface area contributed by atoms with E-state index in [0.29, 0.717) is 44.9 Å². The van der Waals surface area contributed by atoms with Crippen LogP contribution in [-0.2, 0) is 19.1 Å². The van der Waals surface area contributed by atoms with Gasteiger partial charge >= 0.3 is 5.97 Å². The van der Waals surface area contributed by atoms with Crippen LogP contribution in [0.2, 0.25) is 0 Å². The first-order valence-corrected chi connectivity index (χ1v) is 11.0. The minimum absolute atomic E-state index is 0.212. The van der Waals surface area contributed by atoms with Crippen LogP contribution in [0.15, 0.2) is 48.5 Å². The third kappa shape index (κ3) is 6.58. The van der Waals surface area contributed by atoms with Gasteiger partial charge in [0.05, 0.1) is 6.61 Å². The Labute approximate surface area is 193 Å². The average molecular weight is 461 g/mol. The van der Waals surface area contributed by atoms with E-state index in [1.807, 2.05) is 30.3 Å². The highest BCUT2D eigenvalue weighted by Gasteiger charge is 2.36. The van der Waals surface area contributed by atoms with Gasteiger partial charge in [0.1, 0.15) is 6.10 Å². The minimum Gasteiger partial charge on any atom is -0.450 e. The van der Waals surface area contributed by atoms with Crippen molar-refractivity contribution in [2.75, 3.05) is 39.3 Å². The topological polar surface area (TPSA) is 59.1 Å². The second-order valence-corrected chi connectivity index (χ2v) is 8.57. The summed E-state index contributed by atoms with van der Waals surface area (Å²) in [5.74, 6) is -2.50. The molecule has 0 spiro atoms. The van der Waals surface area contributed by atoms with Gasteiger partial charge in [0.2, 0.25) is 0 Å². The monoisotopic (exact) mass is 460 g/mol. The average Bonchev–Trinajstić information content (AvgIpc) is 2.78. The molecule has 0 saturated carbocycles. The summed E-state index contributed by atoms with van der Waals surface area (Å²) in [6, 6.07) is 13.2. The summed E-state index contributed by atoms with van der Waals surface area (Å²) in [6.45, 7) is 7.85. The predicted octanol–water partition coefficient (Wildman–Crippen LogP) is 3.56. The Bertz CT molecular complexity index is 960. The third-order valence-electron chi connectivity index (χ3n) is 5.61. The van der Waals surface area contributed by atoms with Crippen molar-refractivity contribution >= 4 is 11.9 Å². The van der Waals surface area contributed by atoms with E-state index < -0.39 is 29.3 Å². The minimum atomic E-state index is -1.19. The van der Waals surface area contributed by atoms with Gasteiger partial charge in [-0.05, 0) is 37.1 Å². The molecule has 1 saturated heterocycles. The molecule has 0 bridgehead atoms. The molecular formula is C25H30F2N2O4. The lowest BCUT2D eigenvalue weighted by Gasteiger charge is -2.38. The Hall–Kier alpha value is -2.84. The molecule has 8 heteroatoms. The van der Waals surface area contributed by atoms with Crippen LogP contribution in [0.1, 0.15) is 38.0 Å². The number of hydrogen-bond acceptors (Lipinski definition) is 5. The van der Waals surface area contributed by atoms with Gasteiger partial charge in [-0.25, -0.2) is 8.78 Å². The highest BCUT2D eigenvalue weighted by Crippen LogP contribution is 2.27. The van der Waals surface area contributed by atoms with Crippen LogP contribution in [0.3, 0.4) is 0 Å². The molecule has 1 unspecified atom stereocenters.